The smallest absolute Gasteiger partial charge is 0.343 e. The van der Waals surface area contributed by atoms with E-state index >= 15 is 0 Å². The van der Waals surface area contributed by atoms with E-state index in [0.29, 0.717) is 21.6 Å². The number of fused-ring (bicyclic) bond motifs is 1. The van der Waals surface area contributed by atoms with Gasteiger partial charge >= 0.3 is 5.63 Å². The molecule has 3 rings (SSSR count). The van der Waals surface area contributed by atoms with Crippen molar-refractivity contribution in [1.29, 1.82) is 5.26 Å². The number of rotatable bonds is 2. The molecule has 1 aromatic heterocycles. The minimum atomic E-state index is -0.452. The van der Waals surface area contributed by atoms with Crippen molar-refractivity contribution < 1.29 is 4.42 Å². The highest BCUT2D eigenvalue weighted by Gasteiger charge is 2.15. The number of halogens is 1. The number of benzene rings is 2. The van der Waals surface area contributed by atoms with Gasteiger partial charge in [-0.3, -0.25) is 0 Å². The van der Waals surface area contributed by atoms with Gasteiger partial charge in [0.25, 0.3) is 0 Å². The van der Waals surface area contributed by atoms with Crippen molar-refractivity contribution in [2.45, 2.75) is 6.42 Å². The lowest BCUT2D eigenvalue weighted by molar-refractivity contribution is 0.481. The van der Waals surface area contributed by atoms with Crippen LogP contribution in [0.25, 0.3) is 21.9 Å². The summed E-state index contributed by atoms with van der Waals surface area (Å²) in [6.07, 6.45) is 0.0297. The summed E-state index contributed by atoms with van der Waals surface area (Å²) < 4.78 is 5.34. The van der Waals surface area contributed by atoms with Gasteiger partial charge in [-0.05, 0) is 23.8 Å². The van der Waals surface area contributed by atoms with E-state index in [1.54, 1.807) is 18.2 Å². The highest BCUT2D eigenvalue weighted by molar-refractivity contribution is 6.31. The molecule has 0 aliphatic heterocycles. The Balaban J connectivity index is 2.46. The Morgan fingerprint density at radius 3 is 2.57 bits per heavy atom. The van der Waals surface area contributed by atoms with Crippen LogP contribution in [0, 0.1) is 11.3 Å². The van der Waals surface area contributed by atoms with Crippen LogP contribution in [0.15, 0.2) is 57.7 Å². The second-order valence-electron chi connectivity index (χ2n) is 4.58. The molecule has 0 radical (unpaired) electrons. The molecular weight excluding hydrogens is 286 g/mol. The van der Waals surface area contributed by atoms with Gasteiger partial charge in [0.15, 0.2) is 0 Å². The van der Waals surface area contributed by atoms with Crippen LogP contribution in [-0.2, 0) is 6.42 Å². The minimum Gasteiger partial charge on any atom is -0.426 e. The zero-order valence-electron chi connectivity index (χ0n) is 11.0. The van der Waals surface area contributed by atoms with Crippen molar-refractivity contribution in [1.82, 2.24) is 0 Å². The van der Waals surface area contributed by atoms with Gasteiger partial charge in [-0.1, -0.05) is 41.9 Å². The molecule has 0 aliphatic rings. The second kappa shape index (κ2) is 5.43. The number of hydrogen-bond acceptors (Lipinski definition) is 3. The van der Waals surface area contributed by atoms with Crippen LogP contribution in [0.5, 0.6) is 0 Å². The molecule has 0 unspecified atom stereocenters. The molecule has 3 aromatic rings. The van der Waals surface area contributed by atoms with Crippen molar-refractivity contribution in [3.8, 4) is 17.2 Å². The summed E-state index contributed by atoms with van der Waals surface area (Å²) >= 11 is 6.06. The first-order valence-corrected chi connectivity index (χ1v) is 6.76. The topological polar surface area (TPSA) is 54.0 Å². The van der Waals surface area contributed by atoms with Gasteiger partial charge in [0, 0.05) is 16.0 Å². The highest BCUT2D eigenvalue weighted by atomic mass is 35.5. The van der Waals surface area contributed by atoms with E-state index in [4.69, 9.17) is 21.3 Å². The maximum atomic E-state index is 12.1. The molecule has 4 heteroatoms. The molecule has 0 amide bonds. The van der Waals surface area contributed by atoms with Crippen molar-refractivity contribution in [2.75, 3.05) is 0 Å². The van der Waals surface area contributed by atoms with Gasteiger partial charge in [0.1, 0.15) is 5.76 Å². The van der Waals surface area contributed by atoms with Crippen LogP contribution in [0.1, 0.15) is 5.76 Å². The van der Waals surface area contributed by atoms with Crippen LogP contribution >= 0.6 is 11.6 Å². The van der Waals surface area contributed by atoms with Crippen molar-refractivity contribution in [3.63, 3.8) is 0 Å². The van der Waals surface area contributed by atoms with Crippen LogP contribution in [0.3, 0.4) is 0 Å². The first-order chi connectivity index (χ1) is 10.2. The van der Waals surface area contributed by atoms with Gasteiger partial charge in [-0.15, -0.1) is 0 Å². The van der Waals surface area contributed by atoms with Gasteiger partial charge in [0.2, 0.25) is 0 Å². The summed E-state index contributed by atoms with van der Waals surface area (Å²) in [5.74, 6) is 0.364. The molecule has 0 N–H and O–H groups in total. The van der Waals surface area contributed by atoms with E-state index < -0.39 is 5.63 Å². The second-order valence-corrected chi connectivity index (χ2v) is 5.01. The quantitative estimate of drug-likeness (QED) is 0.712. The van der Waals surface area contributed by atoms with E-state index in [-0.39, 0.29) is 6.42 Å². The average molecular weight is 296 g/mol. The fourth-order valence-electron chi connectivity index (χ4n) is 2.39. The van der Waals surface area contributed by atoms with Gasteiger partial charge in [-0.25, -0.2) is 4.79 Å². The molecule has 3 nitrogen and oxygen atoms in total. The third-order valence-corrected chi connectivity index (χ3v) is 3.50. The maximum Gasteiger partial charge on any atom is 0.343 e. The first kappa shape index (κ1) is 13.4. The summed E-state index contributed by atoms with van der Waals surface area (Å²) in [6.45, 7) is 0. The van der Waals surface area contributed by atoms with Crippen LogP contribution < -0.4 is 5.63 Å². The Morgan fingerprint density at radius 2 is 1.86 bits per heavy atom. The molecule has 0 saturated heterocycles. The van der Waals surface area contributed by atoms with E-state index in [1.807, 2.05) is 36.4 Å². The molecule has 102 valence electrons. The molecule has 21 heavy (non-hydrogen) atoms. The van der Waals surface area contributed by atoms with Crippen LogP contribution in [0.4, 0.5) is 0 Å². The molecule has 0 saturated carbocycles. The van der Waals surface area contributed by atoms with Crippen molar-refractivity contribution >= 4 is 22.4 Å². The minimum absolute atomic E-state index is 0.0297. The first-order valence-electron chi connectivity index (χ1n) is 6.38. The third kappa shape index (κ3) is 2.42. The lowest BCUT2D eigenvalue weighted by Gasteiger charge is -2.10. The summed E-state index contributed by atoms with van der Waals surface area (Å²) in [7, 11) is 0. The largest absolute Gasteiger partial charge is 0.426 e. The van der Waals surface area contributed by atoms with E-state index in [2.05, 4.69) is 0 Å². The molecule has 0 aliphatic carbocycles. The highest BCUT2D eigenvalue weighted by Crippen LogP contribution is 2.32. The van der Waals surface area contributed by atoms with Gasteiger partial charge in [-0.2, -0.15) is 5.26 Å². The standard InChI is InChI=1S/C17H10ClNO2/c18-12-6-7-13-14(10-12)16(11-4-2-1-3-5-11)15(8-9-19)21-17(13)20/h1-7,10H,8H2. The predicted molar refractivity (Wildman–Crippen MR) is 82.2 cm³/mol. The Morgan fingerprint density at radius 1 is 1.10 bits per heavy atom. The van der Waals surface area contributed by atoms with E-state index in [0.717, 1.165) is 11.1 Å². The normalized spacial score (nSPS) is 10.5. The summed E-state index contributed by atoms with van der Waals surface area (Å²) in [4.78, 5) is 12.1. The monoisotopic (exact) mass is 295 g/mol. The average Bonchev–Trinajstić information content (AvgIpc) is 2.48. The Bertz CT molecular complexity index is 908. The Kier molecular flexibility index (Phi) is 3.47. The third-order valence-electron chi connectivity index (χ3n) is 3.27. The van der Waals surface area contributed by atoms with Gasteiger partial charge < -0.3 is 4.42 Å². The van der Waals surface area contributed by atoms with E-state index in [1.165, 1.54) is 0 Å². The summed E-state index contributed by atoms with van der Waals surface area (Å²) in [5, 5.41) is 10.7. The molecular formula is C17H10ClNO2. The van der Waals surface area contributed by atoms with Gasteiger partial charge in [0.05, 0.1) is 17.9 Å². The zero-order valence-corrected chi connectivity index (χ0v) is 11.7. The van der Waals surface area contributed by atoms with Crippen LogP contribution in [-0.4, -0.2) is 0 Å². The molecule has 0 atom stereocenters. The lowest BCUT2D eigenvalue weighted by Crippen LogP contribution is -2.04. The molecule has 0 spiro atoms. The maximum absolute atomic E-state index is 12.1. The number of nitriles is 1. The molecule has 1 heterocycles. The van der Waals surface area contributed by atoms with Crippen molar-refractivity contribution in [3.05, 3.63) is 69.7 Å². The number of nitrogens with zero attached hydrogens (tertiary/aromatic N) is 1. The van der Waals surface area contributed by atoms with Crippen molar-refractivity contribution in [2.24, 2.45) is 0 Å². The molecule has 2 aromatic carbocycles. The molecule has 0 fully saturated rings. The fourth-order valence-corrected chi connectivity index (χ4v) is 2.56. The van der Waals surface area contributed by atoms with E-state index in [9.17, 15) is 4.79 Å². The predicted octanol–water partition coefficient (Wildman–Crippen LogP) is 4.18. The zero-order chi connectivity index (χ0) is 14.8. The molecule has 0 bridgehead atoms. The lowest BCUT2D eigenvalue weighted by atomic mass is 9.97. The Labute approximate surface area is 126 Å². The Hall–Kier alpha value is -2.57. The summed E-state index contributed by atoms with van der Waals surface area (Å²) in [6, 6.07) is 16.6. The summed E-state index contributed by atoms with van der Waals surface area (Å²) in [5.41, 5.74) is 1.18. The SMILES string of the molecule is N#CCc1oc(=O)c2ccc(Cl)cc2c1-c1ccccc1. The van der Waals surface area contributed by atoms with Crippen LogP contribution in [0.2, 0.25) is 5.02 Å². The number of hydrogen-bond donors (Lipinski definition) is 0. The fraction of sp³-hybridized carbons (Fsp3) is 0.0588.